The maximum Gasteiger partial charge on any atom is 0.00699 e. The summed E-state index contributed by atoms with van der Waals surface area (Å²) in [6.45, 7) is 10.5. The Morgan fingerprint density at radius 3 is 2.44 bits per heavy atom. The van der Waals surface area contributed by atoms with E-state index in [-0.39, 0.29) is 0 Å². The van der Waals surface area contributed by atoms with Gasteiger partial charge in [0.2, 0.25) is 0 Å². The highest BCUT2D eigenvalue weighted by Crippen LogP contribution is 2.43. The number of allylic oxidation sites excluding steroid dienone is 3. The van der Waals surface area contributed by atoms with Crippen LogP contribution in [0.5, 0.6) is 0 Å². The lowest BCUT2D eigenvalue weighted by molar-refractivity contribution is 0.246. The summed E-state index contributed by atoms with van der Waals surface area (Å²) < 4.78 is 0. The highest BCUT2D eigenvalue weighted by atomic mass is 15.1. The molecule has 104 valence electrons. The molecule has 1 aliphatic carbocycles. The van der Waals surface area contributed by atoms with Crippen molar-refractivity contribution in [2.45, 2.75) is 59.8 Å². The van der Waals surface area contributed by atoms with Crippen molar-refractivity contribution in [1.82, 2.24) is 4.90 Å². The van der Waals surface area contributed by atoms with Crippen LogP contribution < -0.4 is 0 Å². The average molecular weight is 249 g/mol. The summed E-state index contributed by atoms with van der Waals surface area (Å²) in [4.78, 5) is 2.34. The second-order valence-corrected chi connectivity index (χ2v) is 6.58. The van der Waals surface area contributed by atoms with Gasteiger partial charge in [0.25, 0.3) is 0 Å². The van der Waals surface area contributed by atoms with Crippen LogP contribution >= 0.6 is 0 Å². The van der Waals surface area contributed by atoms with Crippen LogP contribution in [0.2, 0.25) is 0 Å². The lowest BCUT2D eigenvalue weighted by Crippen LogP contribution is -2.35. The minimum Gasteiger partial charge on any atom is -0.309 e. The molecule has 0 aromatic rings. The third kappa shape index (κ3) is 3.98. The van der Waals surface area contributed by atoms with Crippen molar-refractivity contribution >= 4 is 0 Å². The first-order chi connectivity index (χ1) is 8.39. The maximum absolute atomic E-state index is 2.45. The lowest BCUT2D eigenvalue weighted by atomic mass is 9.69. The molecule has 0 aromatic carbocycles. The van der Waals surface area contributed by atoms with Crippen LogP contribution in [0.3, 0.4) is 0 Å². The van der Waals surface area contributed by atoms with E-state index in [1.165, 1.54) is 43.3 Å². The third-order valence-electron chi connectivity index (χ3n) is 4.03. The second kappa shape index (κ2) is 6.56. The summed E-state index contributed by atoms with van der Waals surface area (Å²) in [7, 11) is 4.38. The Morgan fingerprint density at radius 2 is 1.89 bits per heavy atom. The molecule has 0 saturated carbocycles. The predicted molar refractivity (Wildman–Crippen MR) is 81.9 cm³/mol. The van der Waals surface area contributed by atoms with Crippen LogP contribution in [0.1, 0.15) is 59.8 Å². The van der Waals surface area contributed by atoms with Crippen molar-refractivity contribution in [3.8, 4) is 0 Å². The van der Waals surface area contributed by atoms with Gasteiger partial charge in [-0.05, 0) is 47.2 Å². The fourth-order valence-electron chi connectivity index (χ4n) is 3.61. The van der Waals surface area contributed by atoms with Crippen molar-refractivity contribution in [2.24, 2.45) is 5.41 Å². The molecule has 1 heteroatoms. The summed E-state index contributed by atoms with van der Waals surface area (Å²) in [5, 5.41) is 0. The Hall–Kier alpha value is -0.560. The topological polar surface area (TPSA) is 3.24 Å². The van der Waals surface area contributed by atoms with Gasteiger partial charge < -0.3 is 4.90 Å². The number of hydrogen-bond acceptors (Lipinski definition) is 1. The third-order valence-corrected chi connectivity index (χ3v) is 4.03. The van der Waals surface area contributed by atoms with E-state index in [9.17, 15) is 0 Å². The summed E-state index contributed by atoms with van der Waals surface area (Å²) in [5.41, 5.74) is 5.12. The van der Waals surface area contributed by atoms with Crippen LogP contribution in [-0.2, 0) is 0 Å². The number of unbranched alkanes of at least 4 members (excludes halogenated alkanes) is 2. The molecule has 0 aliphatic heterocycles. The standard InChI is InChI=1S/C17H31N/c1-7-8-9-10-16-15(3)11-14(2)12-17(16,4)13-18(5)6/h11H,7-10,12-13H2,1-6H3. The molecule has 0 spiro atoms. The monoisotopic (exact) mass is 249 g/mol. The lowest BCUT2D eigenvalue weighted by Gasteiger charge is -2.39. The largest absolute Gasteiger partial charge is 0.309 e. The minimum absolute atomic E-state index is 0.347. The molecule has 1 unspecified atom stereocenters. The molecule has 0 saturated heterocycles. The molecule has 0 N–H and O–H groups in total. The Kier molecular flexibility index (Phi) is 5.65. The van der Waals surface area contributed by atoms with E-state index in [0.717, 1.165) is 6.54 Å². The van der Waals surface area contributed by atoms with Gasteiger partial charge in [0.15, 0.2) is 0 Å². The summed E-state index contributed by atoms with van der Waals surface area (Å²) in [6, 6.07) is 0. The van der Waals surface area contributed by atoms with Crippen LogP contribution in [0.25, 0.3) is 0 Å². The van der Waals surface area contributed by atoms with Gasteiger partial charge in [-0.25, -0.2) is 0 Å². The average Bonchev–Trinajstić information content (AvgIpc) is 2.20. The van der Waals surface area contributed by atoms with Gasteiger partial charge in [0, 0.05) is 12.0 Å². The summed E-state index contributed by atoms with van der Waals surface area (Å²) >= 11 is 0. The van der Waals surface area contributed by atoms with E-state index in [0.29, 0.717) is 5.41 Å². The number of rotatable bonds is 6. The molecular formula is C17H31N. The molecule has 1 nitrogen and oxygen atoms in total. The van der Waals surface area contributed by atoms with Crippen LogP contribution in [0, 0.1) is 5.41 Å². The van der Waals surface area contributed by atoms with E-state index in [1.807, 2.05) is 0 Å². The summed E-state index contributed by atoms with van der Waals surface area (Å²) in [5.74, 6) is 0. The number of nitrogens with zero attached hydrogens (tertiary/aromatic N) is 1. The zero-order valence-corrected chi connectivity index (χ0v) is 13.3. The smallest absolute Gasteiger partial charge is 0.00699 e. The molecular weight excluding hydrogens is 218 g/mol. The van der Waals surface area contributed by atoms with Crippen molar-refractivity contribution in [3.63, 3.8) is 0 Å². The van der Waals surface area contributed by atoms with Crippen molar-refractivity contribution in [2.75, 3.05) is 20.6 Å². The Labute approximate surface area is 114 Å². The highest BCUT2D eigenvalue weighted by molar-refractivity contribution is 5.37. The van der Waals surface area contributed by atoms with Gasteiger partial charge in [0.1, 0.15) is 0 Å². The second-order valence-electron chi connectivity index (χ2n) is 6.58. The number of hydrogen-bond donors (Lipinski definition) is 0. The van der Waals surface area contributed by atoms with Crippen molar-refractivity contribution < 1.29 is 0 Å². The van der Waals surface area contributed by atoms with Crippen LogP contribution in [0.15, 0.2) is 22.8 Å². The molecule has 0 aromatic heterocycles. The Bertz CT molecular complexity index is 336. The quantitative estimate of drug-likeness (QED) is 0.611. The zero-order valence-electron chi connectivity index (χ0n) is 13.3. The van der Waals surface area contributed by atoms with Gasteiger partial charge >= 0.3 is 0 Å². The molecule has 0 fully saturated rings. The molecule has 1 aliphatic rings. The van der Waals surface area contributed by atoms with E-state index in [4.69, 9.17) is 0 Å². The minimum atomic E-state index is 0.347. The van der Waals surface area contributed by atoms with Crippen LogP contribution in [0.4, 0.5) is 0 Å². The highest BCUT2D eigenvalue weighted by Gasteiger charge is 2.32. The summed E-state index contributed by atoms with van der Waals surface area (Å²) in [6.07, 6.45) is 8.93. The normalized spacial score (nSPS) is 24.7. The fraction of sp³-hybridized carbons (Fsp3) is 0.765. The maximum atomic E-state index is 2.45. The fourth-order valence-corrected chi connectivity index (χ4v) is 3.61. The molecule has 0 amide bonds. The van der Waals surface area contributed by atoms with E-state index in [1.54, 1.807) is 5.57 Å². The first-order valence-electron chi connectivity index (χ1n) is 7.41. The van der Waals surface area contributed by atoms with Gasteiger partial charge in [-0.1, -0.05) is 49.5 Å². The molecule has 1 rings (SSSR count). The predicted octanol–water partition coefficient (Wildman–Crippen LogP) is 4.80. The van der Waals surface area contributed by atoms with Gasteiger partial charge in [0.05, 0.1) is 0 Å². The molecule has 18 heavy (non-hydrogen) atoms. The van der Waals surface area contributed by atoms with Crippen molar-refractivity contribution in [3.05, 3.63) is 22.8 Å². The molecule has 0 bridgehead atoms. The Balaban J connectivity index is 2.90. The van der Waals surface area contributed by atoms with Gasteiger partial charge in [-0.15, -0.1) is 0 Å². The first kappa shape index (κ1) is 15.5. The molecule has 0 heterocycles. The first-order valence-corrected chi connectivity index (χ1v) is 7.41. The SMILES string of the molecule is CCCCCC1=C(C)C=C(C)CC1(C)CN(C)C. The van der Waals surface area contributed by atoms with E-state index in [2.05, 4.69) is 52.8 Å². The van der Waals surface area contributed by atoms with Gasteiger partial charge in [-0.3, -0.25) is 0 Å². The molecule has 1 atom stereocenters. The van der Waals surface area contributed by atoms with E-state index < -0.39 is 0 Å². The van der Waals surface area contributed by atoms with Gasteiger partial charge in [-0.2, -0.15) is 0 Å². The molecule has 0 radical (unpaired) electrons. The van der Waals surface area contributed by atoms with Crippen molar-refractivity contribution in [1.29, 1.82) is 0 Å². The Morgan fingerprint density at radius 1 is 1.22 bits per heavy atom. The zero-order chi connectivity index (χ0) is 13.8. The van der Waals surface area contributed by atoms with E-state index >= 15 is 0 Å². The van der Waals surface area contributed by atoms with Crippen LogP contribution in [-0.4, -0.2) is 25.5 Å².